The van der Waals surface area contributed by atoms with Crippen LogP contribution in [-0.2, 0) is 16.9 Å². The van der Waals surface area contributed by atoms with Gasteiger partial charge in [0.2, 0.25) is 15.0 Å². The van der Waals surface area contributed by atoms with Crippen LogP contribution in [0.4, 0.5) is 0 Å². The highest BCUT2D eigenvalue weighted by Crippen LogP contribution is 2.30. The molecule has 0 aliphatic rings. The van der Waals surface area contributed by atoms with Gasteiger partial charge in [0.15, 0.2) is 5.52 Å². The van der Waals surface area contributed by atoms with E-state index in [-0.39, 0.29) is 15.6 Å². The Morgan fingerprint density at radius 1 is 0.970 bits per heavy atom. The summed E-state index contributed by atoms with van der Waals surface area (Å²) in [5.41, 5.74) is 1.23. The number of para-hydroxylation sites is 1. The zero-order valence-electron chi connectivity index (χ0n) is 17.7. The molecule has 0 bridgehead atoms. The number of methoxy groups -OCH3 is 1. The average molecular weight is 480 g/mol. The number of rotatable bonds is 4. The van der Waals surface area contributed by atoms with Crippen LogP contribution in [-0.4, -0.2) is 29.6 Å². The SMILES string of the molecule is COc1ccc(S(=O)(=O)c2nc3c(=O)n(-c4ccccc4)c4cc(Cl)ccc4c3n2C)cc1. The Balaban J connectivity index is 1.87. The molecule has 0 radical (unpaired) electrons. The first-order chi connectivity index (χ1) is 15.8. The van der Waals surface area contributed by atoms with Crippen molar-refractivity contribution in [2.24, 2.45) is 7.05 Å². The molecule has 2 heterocycles. The number of hydrogen-bond acceptors (Lipinski definition) is 5. The summed E-state index contributed by atoms with van der Waals surface area (Å²) >= 11 is 6.26. The Labute approximate surface area is 194 Å². The summed E-state index contributed by atoms with van der Waals surface area (Å²) in [7, 11) is -0.912. The van der Waals surface area contributed by atoms with Crippen LogP contribution >= 0.6 is 11.6 Å². The van der Waals surface area contributed by atoms with E-state index in [0.717, 1.165) is 0 Å². The fourth-order valence-electron chi connectivity index (χ4n) is 3.97. The first-order valence-corrected chi connectivity index (χ1v) is 11.8. The van der Waals surface area contributed by atoms with Crippen LogP contribution in [0, 0.1) is 0 Å². The molecule has 2 aromatic heterocycles. The number of aromatic nitrogens is 3. The summed E-state index contributed by atoms with van der Waals surface area (Å²) in [5.74, 6) is 0.535. The van der Waals surface area contributed by atoms with Crippen molar-refractivity contribution < 1.29 is 13.2 Å². The van der Waals surface area contributed by atoms with Crippen molar-refractivity contribution in [3.8, 4) is 11.4 Å². The molecular weight excluding hydrogens is 462 g/mol. The molecule has 0 aliphatic heterocycles. The number of benzene rings is 3. The molecular formula is C24H18ClN3O4S. The molecule has 166 valence electrons. The third-order valence-electron chi connectivity index (χ3n) is 5.54. The molecule has 0 saturated heterocycles. The van der Waals surface area contributed by atoms with E-state index in [1.165, 1.54) is 28.4 Å². The van der Waals surface area contributed by atoms with Gasteiger partial charge in [-0.25, -0.2) is 13.4 Å². The Morgan fingerprint density at radius 3 is 2.33 bits per heavy atom. The molecule has 5 rings (SSSR count). The second-order valence-electron chi connectivity index (χ2n) is 7.47. The van der Waals surface area contributed by atoms with Crippen LogP contribution in [0.1, 0.15) is 0 Å². The lowest BCUT2D eigenvalue weighted by Crippen LogP contribution is -2.19. The highest BCUT2D eigenvalue weighted by atomic mass is 35.5. The molecule has 33 heavy (non-hydrogen) atoms. The molecule has 0 amide bonds. The molecule has 0 unspecified atom stereocenters. The van der Waals surface area contributed by atoms with Crippen molar-refractivity contribution in [3.05, 3.63) is 88.2 Å². The van der Waals surface area contributed by atoms with E-state index in [1.54, 1.807) is 49.5 Å². The fourth-order valence-corrected chi connectivity index (χ4v) is 5.51. The molecule has 0 atom stereocenters. The number of sulfone groups is 1. The average Bonchev–Trinajstić information content (AvgIpc) is 3.18. The summed E-state index contributed by atoms with van der Waals surface area (Å²) in [6.07, 6.45) is 0. The van der Waals surface area contributed by atoms with Crippen LogP contribution in [0.3, 0.4) is 0 Å². The highest BCUT2D eigenvalue weighted by Gasteiger charge is 2.27. The topological polar surface area (TPSA) is 83.2 Å². The van der Waals surface area contributed by atoms with Gasteiger partial charge < -0.3 is 9.30 Å². The van der Waals surface area contributed by atoms with Crippen LogP contribution in [0.15, 0.2) is 87.6 Å². The van der Waals surface area contributed by atoms with Gasteiger partial charge in [-0.2, -0.15) is 0 Å². The molecule has 7 nitrogen and oxygen atoms in total. The Hall–Kier alpha value is -3.62. The van der Waals surface area contributed by atoms with E-state index in [1.807, 2.05) is 18.2 Å². The number of hydrogen-bond donors (Lipinski definition) is 0. The Kier molecular flexibility index (Phi) is 4.99. The van der Waals surface area contributed by atoms with E-state index >= 15 is 0 Å². The third kappa shape index (κ3) is 3.30. The summed E-state index contributed by atoms with van der Waals surface area (Å²) in [6, 6.07) is 20.3. The maximum absolute atomic E-state index is 13.6. The number of pyridine rings is 1. The summed E-state index contributed by atoms with van der Waals surface area (Å²) in [4.78, 5) is 18.0. The Bertz CT molecular complexity index is 1690. The zero-order valence-corrected chi connectivity index (χ0v) is 19.3. The number of nitrogens with zero attached hydrogens (tertiary/aromatic N) is 3. The summed E-state index contributed by atoms with van der Waals surface area (Å²) in [5, 5.41) is 0.894. The monoisotopic (exact) mass is 479 g/mol. The lowest BCUT2D eigenvalue weighted by Gasteiger charge is -2.12. The second kappa shape index (κ2) is 7.75. The first kappa shape index (κ1) is 21.2. The van der Waals surface area contributed by atoms with Crippen LogP contribution in [0.25, 0.3) is 27.6 Å². The van der Waals surface area contributed by atoms with E-state index in [2.05, 4.69) is 4.98 Å². The lowest BCUT2D eigenvalue weighted by molar-refractivity contribution is 0.414. The highest BCUT2D eigenvalue weighted by molar-refractivity contribution is 7.91. The number of imidazole rings is 1. The van der Waals surface area contributed by atoms with Crippen molar-refractivity contribution in [1.82, 2.24) is 14.1 Å². The van der Waals surface area contributed by atoms with Gasteiger partial charge in [-0.15, -0.1) is 0 Å². The van der Waals surface area contributed by atoms with Gasteiger partial charge in [0.1, 0.15) is 5.75 Å². The van der Waals surface area contributed by atoms with Gasteiger partial charge in [0.25, 0.3) is 5.56 Å². The van der Waals surface area contributed by atoms with Crippen molar-refractivity contribution in [1.29, 1.82) is 0 Å². The van der Waals surface area contributed by atoms with Crippen molar-refractivity contribution in [2.75, 3.05) is 7.11 Å². The summed E-state index contributed by atoms with van der Waals surface area (Å²) in [6.45, 7) is 0. The van der Waals surface area contributed by atoms with Crippen LogP contribution < -0.4 is 10.3 Å². The smallest absolute Gasteiger partial charge is 0.283 e. The van der Waals surface area contributed by atoms with Gasteiger partial charge in [0.05, 0.1) is 23.0 Å². The van der Waals surface area contributed by atoms with Crippen LogP contribution in [0.2, 0.25) is 5.02 Å². The van der Waals surface area contributed by atoms with Gasteiger partial charge in [-0.05, 0) is 54.6 Å². The van der Waals surface area contributed by atoms with E-state index < -0.39 is 15.4 Å². The number of ether oxygens (including phenoxy) is 1. The third-order valence-corrected chi connectivity index (χ3v) is 7.51. The lowest BCUT2D eigenvalue weighted by atomic mass is 10.1. The zero-order chi connectivity index (χ0) is 23.3. The fraction of sp³-hybridized carbons (Fsp3) is 0.0833. The molecule has 5 aromatic rings. The standard InChI is InChI=1S/C24H18ClN3O4S/c1-27-22-19-13-8-15(25)14-20(19)28(16-6-4-3-5-7-16)23(29)21(22)26-24(27)33(30,31)18-11-9-17(32-2)10-12-18/h3-14H,1-2H3. The molecule has 0 N–H and O–H groups in total. The molecule has 0 aliphatic carbocycles. The molecule has 0 fully saturated rings. The van der Waals surface area contributed by atoms with E-state index in [9.17, 15) is 13.2 Å². The maximum Gasteiger partial charge on any atom is 0.283 e. The number of halogens is 1. The minimum absolute atomic E-state index is 0.0532. The predicted octanol–water partition coefficient (Wildman–Crippen LogP) is 4.37. The van der Waals surface area contributed by atoms with Gasteiger partial charge in [-0.1, -0.05) is 29.8 Å². The minimum atomic E-state index is -4.01. The van der Waals surface area contributed by atoms with Crippen molar-refractivity contribution in [2.45, 2.75) is 10.1 Å². The van der Waals surface area contributed by atoms with E-state index in [4.69, 9.17) is 16.3 Å². The predicted molar refractivity (Wildman–Crippen MR) is 127 cm³/mol. The van der Waals surface area contributed by atoms with Gasteiger partial charge in [0, 0.05) is 23.1 Å². The van der Waals surface area contributed by atoms with Crippen molar-refractivity contribution in [3.63, 3.8) is 0 Å². The second-order valence-corrected chi connectivity index (χ2v) is 9.75. The van der Waals surface area contributed by atoms with Gasteiger partial charge in [-0.3, -0.25) is 9.36 Å². The quantitative estimate of drug-likeness (QED) is 0.382. The minimum Gasteiger partial charge on any atom is -0.497 e. The molecule has 0 spiro atoms. The normalized spacial score (nSPS) is 11.8. The van der Waals surface area contributed by atoms with Crippen molar-refractivity contribution >= 4 is 43.4 Å². The number of fused-ring (bicyclic) bond motifs is 3. The maximum atomic E-state index is 13.6. The summed E-state index contributed by atoms with van der Waals surface area (Å²) < 4.78 is 34.9. The van der Waals surface area contributed by atoms with Crippen LogP contribution in [0.5, 0.6) is 5.75 Å². The first-order valence-electron chi connectivity index (χ1n) is 9.98. The van der Waals surface area contributed by atoms with Gasteiger partial charge >= 0.3 is 0 Å². The largest absolute Gasteiger partial charge is 0.497 e. The molecule has 0 saturated carbocycles. The Morgan fingerprint density at radius 2 is 1.67 bits per heavy atom. The molecule has 9 heteroatoms. The number of aryl methyl sites for hydroxylation is 1. The van der Waals surface area contributed by atoms with E-state index in [0.29, 0.717) is 32.9 Å². The molecule has 3 aromatic carbocycles.